The van der Waals surface area contributed by atoms with Crippen molar-refractivity contribution >= 4 is 17.2 Å². The summed E-state index contributed by atoms with van der Waals surface area (Å²) in [6, 6.07) is 5.09. The summed E-state index contributed by atoms with van der Waals surface area (Å²) in [4.78, 5) is 21.6. The average molecular weight is 392 g/mol. The van der Waals surface area contributed by atoms with E-state index in [1.807, 2.05) is 0 Å². The molecule has 1 aromatic heterocycles. The zero-order chi connectivity index (χ0) is 18.8. The Morgan fingerprint density at radius 3 is 2.70 bits per heavy atom. The van der Waals surface area contributed by atoms with Gasteiger partial charge in [-0.05, 0) is 57.5 Å². The van der Waals surface area contributed by atoms with Gasteiger partial charge in [-0.3, -0.25) is 14.6 Å². The van der Waals surface area contributed by atoms with Gasteiger partial charge in [-0.15, -0.1) is 11.3 Å². The molecule has 6 heteroatoms. The van der Waals surface area contributed by atoms with E-state index < -0.39 is 0 Å². The molecule has 0 N–H and O–H groups in total. The molecule has 4 atom stereocenters. The summed E-state index contributed by atoms with van der Waals surface area (Å²) in [5.74, 6) is 0.321. The number of morpholine rings is 1. The molecule has 3 aliphatic heterocycles. The molecule has 0 bridgehead atoms. The monoisotopic (exact) mass is 391 g/mol. The fourth-order valence-corrected chi connectivity index (χ4v) is 6.02. The zero-order valence-corrected chi connectivity index (χ0v) is 17.5. The van der Waals surface area contributed by atoms with Gasteiger partial charge in [0.05, 0.1) is 24.8 Å². The molecule has 4 rings (SSSR count). The van der Waals surface area contributed by atoms with Crippen molar-refractivity contribution in [3.05, 3.63) is 22.4 Å². The Balaban J connectivity index is 1.34. The second kappa shape index (κ2) is 8.60. The predicted octanol–water partition coefficient (Wildman–Crippen LogP) is 2.99. The molecule has 4 heterocycles. The lowest BCUT2D eigenvalue weighted by Crippen LogP contribution is -2.51. The first-order valence-electron chi connectivity index (χ1n) is 10.5. The number of hydrogen-bond donors (Lipinski definition) is 0. The van der Waals surface area contributed by atoms with Crippen LogP contribution in [-0.2, 0) is 9.53 Å². The number of carbonyl (C=O) groups excluding carboxylic acids is 1. The molecule has 0 saturated carbocycles. The molecular weight excluding hydrogens is 358 g/mol. The summed E-state index contributed by atoms with van der Waals surface area (Å²) in [6.07, 6.45) is 5.27. The third kappa shape index (κ3) is 4.56. The summed E-state index contributed by atoms with van der Waals surface area (Å²) in [7, 11) is 0. The molecule has 1 amide bonds. The molecule has 0 radical (unpaired) electrons. The lowest BCUT2D eigenvalue weighted by molar-refractivity contribution is -0.133. The Bertz CT molecular complexity index is 613. The highest BCUT2D eigenvalue weighted by Gasteiger charge is 2.35. The quantitative estimate of drug-likeness (QED) is 0.773. The van der Waals surface area contributed by atoms with E-state index in [9.17, 15) is 4.79 Å². The van der Waals surface area contributed by atoms with Gasteiger partial charge in [0.2, 0.25) is 5.91 Å². The summed E-state index contributed by atoms with van der Waals surface area (Å²) in [6.45, 7) is 9.97. The molecule has 1 aromatic rings. The SMILES string of the molecule is CC1CN(CC2CCCN2CC(=O)N2CCCC2c2cccs2)CC(C)O1. The zero-order valence-electron chi connectivity index (χ0n) is 16.7. The predicted molar refractivity (Wildman–Crippen MR) is 109 cm³/mol. The Hall–Kier alpha value is -0.950. The van der Waals surface area contributed by atoms with Gasteiger partial charge in [0.15, 0.2) is 0 Å². The van der Waals surface area contributed by atoms with Crippen molar-refractivity contribution in [3.63, 3.8) is 0 Å². The van der Waals surface area contributed by atoms with Crippen LogP contribution in [0.5, 0.6) is 0 Å². The highest BCUT2D eigenvalue weighted by Crippen LogP contribution is 2.34. The maximum atomic E-state index is 13.1. The second-order valence-electron chi connectivity index (χ2n) is 8.50. The smallest absolute Gasteiger partial charge is 0.237 e. The number of rotatable bonds is 5. The van der Waals surface area contributed by atoms with E-state index >= 15 is 0 Å². The van der Waals surface area contributed by atoms with Crippen LogP contribution < -0.4 is 0 Å². The Labute approximate surface area is 167 Å². The van der Waals surface area contributed by atoms with E-state index in [0.29, 0.717) is 36.7 Å². The molecule has 27 heavy (non-hydrogen) atoms. The maximum absolute atomic E-state index is 13.1. The highest BCUT2D eigenvalue weighted by molar-refractivity contribution is 7.10. The normalized spacial score (nSPS) is 33.0. The topological polar surface area (TPSA) is 36.0 Å². The molecule has 3 aliphatic rings. The van der Waals surface area contributed by atoms with Crippen LogP contribution in [-0.4, -0.2) is 78.1 Å². The first kappa shape index (κ1) is 19.4. The van der Waals surface area contributed by atoms with Crippen LogP contribution in [0.2, 0.25) is 0 Å². The van der Waals surface area contributed by atoms with Crippen molar-refractivity contribution in [3.8, 4) is 0 Å². The fraction of sp³-hybridized carbons (Fsp3) is 0.762. The fourth-order valence-electron chi connectivity index (χ4n) is 5.15. The molecule has 0 aliphatic carbocycles. The van der Waals surface area contributed by atoms with Gasteiger partial charge in [-0.2, -0.15) is 0 Å². The standard InChI is InChI=1S/C21H33N3O2S/c1-16-12-22(13-17(2)26-16)14-18-6-3-9-23(18)15-21(25)24-10-4-7-19(24)20-8-5-11-27-20/h5,8,11,16-19H,3-4,6-7,9-10,12-15H2,1-2H3. The minimum absolute atomic E-state index is 0.305. The van der Waals surface area contributed by atoms with E-state index in [0.717, 1.165) is 45.6 Å². The van der Waals surface area contributed by atoms with Crippen LogP contribution in [0.3, 0.4) is 0 Å². The van der Waals surface area contributed by atoms with Gasteiger partial charge in [0.1, 0.15) is 0 Å². The lowest BCUT2D eigenvalue weighted by atomic mass is 10.1. The molecule has 3 saturated heterocycles. The average Bonchev–Trinajstić information content (AvgIpc) is 3.35. The number of thiophene rings is 1. The first-order chi connectivity index (χ1) is 13.1. The van der Waals surface area contributed by atoms with Crippen molar-refractivity contribution in [1.82, 2.24) is 14.7 Å². The molecule has 4 unspecified atom stereocenters. The number of amides is 1. The van der Waals surface area contributed by atoms with Crippen molar-refractivity contribution < 1.29 is 9.53 Å². The van der Waals surface area contributed by atoms with E-state index in [-0.39, 0.29) is 0 Å². The van der Waals surface area contributed by atoms with Crippen LogP contribution in [0.4, 0.5) is 0 Å². The third-order valence-electron chi connectivity index (χ3n) is 6.25. The number of hydrogen-bond acceptors (Lipinski definition) is 5. The molecule has 0 spiro atoms. The first-order valence-corrected chi connectivity index (χ1v) is 11.4. The Morgan fingerprint density at radius 2 is 1.96 bits per heavy atom. The maximum Gasteiger partial charge on any atom is 0.237 e. The molecule has 5 nitrogen and oxygen atoms in total. The van der Waals surface area contributed by atoms with E-state index in [1.165, 1.54) is 17.7 Å². The Kier molecular flexibility index (Phi) is 6.17. The highest BCUT2D eigenvalue weighted by atomic mass is 32.1. The second-order valence-corrected chi connectivity index (χ2v) is 9.48. The number of carbonyl (C=O) groups is 1. The van der Waals surface area contributed by atoms with Gasteiger partial charge in [0.25, 0.3) is 0 Å². The van der Waals surface area contributed by atoms with Crippen LogP contribution in [0.25, 0.3) is 0 Å². The van der Waals surface area contributed by atoms with Gasteiger partial charge in [0, 0.05) is 37.1 Å². The van der Waals surface area contributed by atoms with Crippen LogP contribution in [0, 0.1) is 0 Å². The number of nitrogens with zero attached hydrogens (tertiary/aromatic N) is 3. The molecule has 150 valence electrons. The van der Waals surface area contributed by atoms with Crippen LogP contribution in [0.1, 0.15) is 50.4 Å². The lowest BCUT2D eigenvalue weighted by Gasteiger charge is -2.38. The van der Waals surface area contributed by atoms with Crippen LogP contribution >= 0.6 is 11.3 Å². The van der Waals surface area contributed by atoms with E-state index in [1.54, 1.807) is 11.3 Å². The van der Waals surface area contributed by atoms with Gasteiger partial charge < -0.3 is 9.64 Å². The van der Waals surface area contributed by atoms with Crippen molar-refractivity contribution in [2.75, 3.05) is 39.3 Å². The van der Waals surface area contributed by atoms with Crippen LogP contribution in [0.15, 0.2) is 17.5 Å². The van der Waals surface area contributed by atoms with E-state index in [4.69, 9.17) is 4.74 Å². The van der Waals surface area contributed by atoms with E-state index in [2.05, 4.69) is 46.1 Å². The minimum Gasteiger partial charge on any atom is -0.373 e. The summed E-state index contributed by atoms with van der Waals surface area (Å²) >= 11 is 1.78. The molecular formula is C21H33N3O2S. The Morgan fingerprint density at radius 1 is 1.19 bits per heavy atom. The van der Waals surface area contributed by atoms with Gasteiger partial charge in [-0.1, -0.05) is 6.07 Å². The third-order valence-corrected chi connectivity index (χ3v) is 7.22. The van der Waals surface area contributed by atoms with Crippen molar-refractivity contribution in [2.45, 2.75) is 63.8 Å². The van der Waals surface area contributed by atoms with Gasteiger partial charge >= 0.3 is 0 Å². The summed E-state index contributed by atoms with van der Waals surface area (Å²) in [5, 5.41) is 2.12. The molecule has 0 aromatic carbocycles. The summed E-state index contributed by atoms with van der Waals surface area (Å²) in [5.41, 5.74) is 0. The number of ether oxygens (including phenoxy) is 1. The van der Waals surface area contributed by atoms with Gasteiger partial charge in [-0.25, -0.2) is 0 Å². The number of likely N-dealkylation sites (tertiary alicyclic amines) is 2. The van der Waals surface area contributed by atoms with Crippen molar-refractivity contribution in [1.29, 1.82) is 0 Å². The summed E-state index contributed by atoms with van der Waals surface area (Å²) < 4.78 is 5.87. The minimum atomic E-state index is 0.305. The molecule has 3 fully saturated rings. The van der Waals surface area contributed by atoms with Crippen molar-refractivity contribution in [2.24, 2.45) is 0 Å². The largest absolute Gasteiger partial charge is 0.373 e.